The van der Waals surface area contributed by atoms with Gasteiger partial charge in [0.25, 0.3) is 23.6 Å². The van der Waals surface area contributed by atoms with Gasteiger partial charge in [0.2, 0.25) is 0 Å². The van der Waals surface area contributed by atoms with Crippen LogP contribution in [0, 0.1) is 0 Å². The third-order valence-electron chi connectivity index (χ3n) is 22.5. The van der Waals surface area contributed by atoms with Gasteiger partial charge in [-0.2, -0.15) is 0 Å². The lowest BCUT2D eigenvalue weighted by molar-refractivity contribution is 0.00530. The molecular formula is C88H104N18O15S4. The Morgan fingerprint density at radius 1 is 0.472 bits per heavy atom. The number of ether oxygens (including phenoxy) is 1. The third-order valence-corrected chi connectivity index (χ3v) is 31.2. The molecule has 7 N–H and O–H groups in total. The number of fused-ring (bicyclic) bond motifs is 4. The van der Waals surface area contributed by atoms with E-state index in [1.165, 1.54) is 4.90 Å². The SMILES string of the molecule is CC(C)S(=O)(=O)c1ccc(-c2cnc3[nH]cc(C(=O)N4CCCCC4CO)c3n2)cc1.CC(C)S(=O)(=O)c1ccc(-c2cnc3[nH]cc(C(=O)N4CCN(C)CC4)c3n2)cc1.CC(C)S(=O)(=O)c1ccc(-c2cnc3[nH]cc(C(=O)NC4CN(C(=O)OC(C)(C)C)C4)c3n2)cc1.CCC1(NC(=O)c2c[nH]c3ncc(-c4ccc(S(=O)(=O)C(C)C)cc4)nc23)CC1. The van der Waals surface area contributed by atoms with E-state index in [1.54, 1.807) is 228 Å². The van der Waals surface area contributed by atoms with E-state index in [2.05, 4.69) is 82.3 Å². The predicted octanol–water partition coefficient (Wildman–Crippen LogP) is 11.6. The fraction of sp³-hybridized carbons (Fsp3) is 0.398. The molecule has 4 aromatic carbocycles. The van der Waals surface area contributed by atoms with E-state index >= 15 is 0 Å². The maximum absolute atomic E-state index is 13.2. The molecule has 1 saturated carbocycles. The molecule has 5 amide bonds. The highest BCUT2D eigenvalue weighted by molar-refractivity contribution is 7.92. The summed E-state index contributed by atoms with van der Waals surface area (Å²) in [6.45, 7) is 25.0. The van der Waals surface area contributed by atoms with Gasteiger partial charge in [0.05, 0.1) is 129 Å². The number of likely N-dealkylation sites (N-methyl/N-ethyl adjacent to an activating group) is 1. The molecule has 11 heterocycles. The molecule has 16 rings (SSSR count). The Kier molecular flexibility index (Phi) is 26.8. The quantitative estimate of drug-likeness (QED) is 0.0372. The van der Waals surface area contributed by atoms with Crippen molar-refractivity contribution in [2.24, 2.45) is 0 Å². The van der Waals surface area contributed by atoms with E-state index in [1.807, 2.05) is 11.9 Å². The summed E-state index contributed by atoms with van der Waals surface area (Å²) < 4.78 is 104. The topological polar surface area (TPSA) is 455 Å². The molecule has 125 heavy (non-hydrogen) atoms. The number of piperidine rings is 1. The van der Waals surface area contributed by atoms with Crippen LogP contribution >= 0.6 is 0 Å². The molecule has 12 aromatic rings. The number of carbonyl (C=O) groups is 5. The van der Waals surface area contributed by atoms with Crippen LogP contribution in [0.1, 0.15) is 163 Å². The average molecular weight is 1780 g/mol. The molecule has 1 aliphatic carbocycles. The monoisotopic (exact) mass is 1780 g/mol. The number of likely N-dealkylation sites (tertiary alicyclic amines) is 2. The van der Waals surface area contributed by atoms with E-state index in [0.717, 1.165) is 62.7 Å². The summed E-state index contributed by atoms with van der Waals surface area (Å²) in [5.74, 6) is -0.704. The number of piperazine rings is 1. The number of benzene rings is 4. The second-order valence-corrected chi connectivity index (χ2v) is 43.7. The Hall–Kier alpha value is -11.8. The summed E-state index contributed by atoms with van der Waals surface area (Å²) >= 11 is 0. The lowest BCUT2D eigenvalue weighted by Gasteiger charge is -2.39. The predicted molar refractivity (Wildman–Crippen MR) is 475 cm³/mol. The Labute approximate surface area is 725 Å². The Morgan fingerprint density at radius 3 is 1.14 bits per heavy atom. The van der Waals surface area contributed by atoms with Crippen LogP contribution in [0.3, 0.4) is 0 Å². The largest absolute Gasteiger partial charge is 0.444 e. The lowest BCUT2D eigenvalue weighted by atomic mass is 10.0. The molecular weight excluding hydrogens is 1680 g/mol. The molecule has 1 unspecified atom stereocenters. The van der Waals surface area contributed by atoms with Gasteiger partial charge in [-0.25, -0.2) is 78.3 Å². The van der Waals surface area contributed by atoms with Crippen LogP contribution < -0.4 is 10.6 Å². The number of amides is 5. The van der Waals surface area contributed by atoms with E-state index in [0.29, 0.717) is 134 Å². The number of aromatic amines is 4. The Balaban J connectivity index is 0.000000143. The number of sulfone groups is 4. The molecule has 3 saturated heterocycles. The molecule has 660 valence electrons. The summed E-state index contributed by atoms with van der Waals surface area (Å²) in [5, 5.41) is 13.7. The molecule has 0 spiro atoms. The van der Waals surface area contributed by atoms with E-state index in [4.69, 9.17) is 4.74 Å². The highest BCUT2D eigenvalue weighted by Crippen LogP contribution is 2.39. The minimum atomic E-state index is -3.37. The zero-order chi connectivity index (χ0) is 90.0. The van der Waals surface area contributed by atoms with Crippen LogP contribution in [0.4, 0.5) is 4.79 Å². The number of nitrogens with zero attached hydrogens (tertiary/aromatic N) is 12. The Bertz CT molecular complexity index is 6490. The highest BCUT2D eigenvalue weighted by Gasteiger charge is 2.43. The Morgan fingerprint density at radius 2 is 0.808 bits per heavy atom. The smallest absolute Gasteiger partial charge is 0.410 e. The van der Waals surface area contributed by atoms with Crippen molar-refractivity contribution in [3.05, 3.63) is 169 Å². The number of carbonyl (C=O) groups excluding carboxylic acids is 5. The summed E-state index contributed by atoms with van der Waals surface area (Å²) in [5.41, 5.74) is 10.1. The van der Waals surface area contributed by atoms with Crippen LogP contribution in [-0.4, -0.2) is 252 Å². The van der Waals surface area contributed by atoms with Gasteiger partial charge in [-0.05, 0) is 170 Å². The van der Waals surface area contributed by atoms with Crippen LogP contribution in [-0.2, 0) is 44.1 Å². The highest BCUT2D eigenvalue weighted by atomic mass is 32.2. The summed E-state index contributed by atoms with van der Waals surface area (Å²) in [6.07, 6.45) is 18.0. The molecule has 4 fully saturated rings. The van der Waals surface area contributed by atoms with E-state index in [-0.39, 0.29) is 67.4 Å². The maximum Gasteiger partial charge on any atom is 0.410 e. The van der Waals surface area contributed by atoms with Crippen molar-refractivity contribution in [2.45, 2.75) is 185 Å². The van der Waals surface area contributed by atoms with Crippen molar-refractivity contribution < 1.29 is 67.5 Å². The van der Waals surface area contributed by atoms with Crippen LogP contribution in [0.5, 0.6) is 0 Å². The normalized spacial score (nSPS) is 15.9. The second kappa shape index (κ2) is 36.8. The van der Waals surface area contributed by atoms with Crippen molar-refractivity contribution in [2.75, 3.05) is 59.5 Å². The molecule has 33 nitrogen and oxygen atoms in total. The van der Waals surface area contributed by atoms with Crippen molar-refractivity contribution in [3.8, 4) is 45.0 Å². The van der Waals surface area contributed by atoms with Crippen LogP contribution in [0.15, 0.2) is 166 Å². The summed E-state index contributed by atoms with van der Waals surface area (Å²) in [7, 11) is -11.3. The van der Waals surface area contributed by atoms with Crippen molar-refractivity contribution >= 4 is 114 Å². The van der Waals surface area contributed by atoms with Crippen molar-refractivity contribution in [3.63, 3.8) is 0 Å². The third kappa shape index (κ3) is 20.0. The molecule has 4 aliphatic rings. The first-order valence-corrected chi connectivity index (χ1v) is 47.6. The minimum absolute atomic E-state index is 0.0563. The van der Waals surface area contributed by atoms with Gasteiger partial charge in [0, 0.05) is 98.4 Å². The number of aromatic nitrogens is 12. The van der Waals surface area contributed by atoms with E-state index < -0.39 is 72.0 Å². The zero-order valence-electron chi connectivity index (χ0n) is 71.9. The zero-order valence-corrected chi connectivity index (χ0v) is 75.1. The van der Waals surface area contributed by atoms with Gasteiger partial charge in [-0.15, -0.1) is 0 Å². The van der Waals surface area contributed by atoms with Gasteiger partial charge in [-0.3, -0.25) is 19.2 Å². The first-order chi connectivity index (χ1) is 59.2. The van der Waals surface area contributed by atoms with Gasteiger partial charge >= 0.3 is 6.09 Å². The summed E-state index contributed by atoms with van der Waals surface area (Å²) in [4.78, 5) is 120. The van der Waals surface area contributed by atoms with Crippen LogP contribution in [0.25, 0.3) is 89.7 Å². The molecule has 0 radical (unpaired) electrons. The number of hydrogen-bond donors (Lipinski definition) is 7. The molecule has 3 aliphatic heterocycles. The number of H-pyrrole nitrogens is 4. The fourth-order valence-corrected chi connectivity index (χ4v) is 18.5. The molecule has 1 atom stereocenters. The number of aliphatic hydroxyl groups excluding tert-OH is 1. The van der Waals surface area contributed by atoms with Crippen LogP contribution in [0.2, 0.25) is 0 Å². The average Bonchev–Trinajstić information content (AvgIpc) is 1.64. The van der Waals surface area contributed by atoms with E-state index in [9.17, 15) is 62.8 Å². The first-order valence-electron chi connectivity index (χ1n) is 41.5. The second-order valence-electron chi connectivity index (χ2n) is 33.7. The fourth-order valence-electron chi connectivity index (χ4n) is 14.3. The number of hydrogen-bond acceptors (Lipinski definition) is 24. The number of rotatable bonds is 20. The standard InChI is InChI=1S/C24H29N5O5S.C22H26N4O4S.C21H25N5O3S.C21H24N4O3S/c1-14(2)35(32,33)17-8-6-15(7-9-17)19-11-26-21-20(28-19)18(10-25-21)22(30)27-16-12-29(13-16)23(31)34-24(3,4)5;1-14(2)31(29,30)17-8-6-15(7-9-17)19-12-24-21-20(25-19)18(11-23-21)22(28)26-10-4-3-5-16(26)13-27;1-14(2)30(28,29)16-6-4-15(5-7-16)18-13-23-20-19(24-18)17(12-22-20)21(27)26-10-8-25(3)9-11-26;1-4-21(9-10-21)25-20(26)16-11-22-19-18(16)24-17(12-23-19)14-5-7-15(8-6-14)29(27,28)13(2)3/h6-11,14,16H,12-13H2,1-5H3,(H,25,26)(H,27,30);6-9,11-12,14,16,27H,3-5,10,13H2,1-2H3,(H,23,24);4-7,12-14H,8-11H2,1-3H3,(H,22,23);5-8,11-13H,4,9-10H2,1-3H3,(H,22,23)(H,25,26). The minimum Gasteiger partial charge on any atom is -0.444 e. The summed E-state index contributed by atoms with van der Waals surface area (Å²) in [6, 6.07) is 25.8. The maximum atomic E-state index is 13.2. The van der Waals surface area contributed by atoms with Gasteiger partial charge < -0.3 is 60.0 Å². The van der Waals surface area contributed by atoms with Crippen molar-refractivity contribution in [1.29, 1.82) is 0 Å². The molecule has 0 bridgehead atoms. The van der Waals surface area contributed by atoms with Crippen molar-refractivity contribution in [1.82, 2.24) is 90.0 Å². The van der Waals surface area contributed by atoms with Gasteiger partial charge in [-0.1, -0.05) is 55.5 Å². The first kappa shape index (κ1) is 90.9. The lowest BCUT2D eigenvalue weighted by Crippen LogP contribution is -2.61. The molecule has 37 heteroatoms. The van der Waals surface area contributed by atoms with Gasteiger partial charge in [0.15, 0.2) is 61.9 Å². The number of nitrogens with one attached hydrogen (secondary N) is 6. The van der Waals surface area contributed by atoms with Gasteiger partial charge in [0.1, 0.15) is 27.7 Å². The number of aliphatic hydroxyl groups is 1. The molecule has 8 aromatic heterocycles.